The van der Waals surface area contributed by atoms with Gasteiger partial charge < -0.3 is 14.9 Å². The number of hydrogen-bond donors (Lipinski definition) is 1. The Kier molecular flexibility index (Phi) is 8.08. The van der Waals surface area contributed by atoms with Gasteiger partial charge in [0.2, 0.25) is 0 Å². The lowest BCUT2D eigenvalue weighted by Gasteiger charge is -2.29. The van der Waals surface area contributed by atoms with Crippen LogP contribution in [-0.4, -0.2) is 46.0 Å². The fourth-order valence-electron chi connectivity index (χ4n) is 4.08. The number of aromatic nitrogens is 1. The largest absolute Gasteiger partial charge is 0.480 e. The first kappa shape index (κ1) is 24.5. The molecule has 1 aliphatic heterocycles. The van der Waals surface area contributed by atoms with Crippen LogP contribution in [0.1, 0.15) is 40.1 Å². The number of hydrogen-bond acceptors (Lipinski definition) is 5. The number of carbonyl (C=O) groups is 2. The molecule has 0 radical (unpaired) electrons. The van der Waals surface area contributed by atoms with Crippen LogP contribution in [0.5, 0.6) is 0 Å². The van der Waals surface area contributed by atoms with Crippen LogP contribution in [0, 0.1) is 0 Å². The van der Waals surface area contributed by atoms with Crippen molar-refractivity contribution in [2.24, 2.45) is 0 Å². The molecule has 1 saturated heterocycles. The van der Waals surface area contributed by atoms with E-state index in [0.29, 0.717) is 5.02 Å². The van der Waals surface area contributed by atoms with Gasteiger partial charge in [-0.05, 0) is 43.0 Å². The van der Waals surface area contributed by atoms with Gasteiger partial charge in [-0.15, -0.1) is 11.3 Å². The highest BCUT2D eigenvalue weighted by atomic mass is 35.5. The van der Waals surface area contributed by atoms with Gasteiger partial charge in [-0.25, -0.2) is 9.78 Å². The van der Waals surface area contributed by atoms with Crippen LogP contribution in [0.3, 0.4) is 0 Å². The number of carbonyl (C=O) groups excluding carboxylic acids is 1. The summed E-state index contributed by atoms with van der Waals surface area (Å²) < 4.78 is 0. The quantitative estimate of drug-likeness (QED) is 0.410. The van der Waals surface area contributed by atoms with Crippen molar-refractivity contribution in [2.45, 2.75) is 38.3 Å². The van der Waals surface area contributed by atoms with E-state index in [0.717, 1.165) is 41.5 Å². The molecule has 1 fully saturated rings. The summed E-state index contributed by atoms with van der Waals surface area (Å²) in [6.07, 6.45) is 5.39. The molecular formula is C25H25Cl2N3O3S. The molecule has 1 aromatic heterocycles. The van der Waals surface area contributed by atoms with Crippen LogP contribution < -0.4 is 4.90 Å². The molecule has 4 rings (SSSR count). The molecule has 1 atom stereocenters. The number of anilines is 1. The van der Waals surface area contributed by atoms with Crippen LogP contribution in [0.25, 0.3) is 0 Å². The van der Waals surface area contributed by atoms with Gasteiger partial charge in [0.05, 0.1) is 17.1 Å². The van der Waals surface area contributed by atoms with Gasteiger partial charge in [0.1, 0.15) is 6.04 Å². The summed E-state index contributed by atoms with van der Waals surface area (Å²) in [5.74, 6) is -1.54. The average molecular weight is 518 g/mol. The van der Waals surface area contributed by atoms with Crippen molar-refractivity contribution in [3.8, 4) is 0 Å². The number of benzene rings is 2. The molecule has 2 aromatic carbocycles. The molecule has 1 aliphatic rings. The number of piperidine rings is 1. The Balaban J connectivity index is 1.66. The lowest BCUT2D eigenvalue weighted by atomic mass is 10.0. The Labute approximate surface area is 212 Å². The normalized spacial score (nSPS) is 14.6. The third-order valence-corrected chi connectivity index (χ3v) is 7.44. The van der Waals surface area contributed by atoms with E-state index in [1.165, 1.54) is 34.8 Å². The van der Waals surface area contributed by atoms with E-state index >= 15 is 0 Å². The number of thiazole rings is 1. The Hall–Kier alpha value is -2.61. The molecule has 1 N–H and O–H groups in total. The minimum atomic E-state index is -1.08. The van der Waals surface area contributed by atoms with Crippen molar-refractivity contribution < 1.29 is 14.7 Å². The fraction of sp³-hybridized carbons (Fsp3) is 0.320. The molecule has 2 heterocycles. The van der Waals surface area contributed by atoms with Gasteiger partial charge in [-0.1, -0.05) is 53.5 Å². The van der Waals surface area contributed by atoms with Crippen LogP contribution in [0.4, 0.5) is 5.13 Å². The summed E-state index contributed by atoms with van der Waals surface area (Å²) >= 11 is 13.8. The van der Waals surface area contributed by atoms with Crippen LogP contribution >= 0.6 is 34.5 Å². The Bertz CT molecular complexity index is 1150. The summed E-state index contributed by atoms with van der Waals surface area (Å²) in [5.41, 5.74) is 1.04. The second-order valence-electron chi connectivity index (χ2n) is 8.26. The number of halogens is 2. The van der Waals surface area contributed by atoms with Gasteiger partial charge in [0.15, 0.2) is 5.13 Å². The summed E-state index contributed by atoms with van der Waals surface area (Å²) in [6.45, 7) is 2.04. The van der Waals surface area contributed by atoms with Crippen molar-refractivity contribution in [1.82, 2.24) is 9.88 Å². The van der Waals surface area contributed by atoms with Crippen LogP contribution in [0.2, 0.25) is 10.0 Å². The molecule has 9 heteroatoms. The van der Waals surface area contributed by atoms with E-state index in [-0.39, 0.29) is 23.6 Å². The minimum absolute atomic E-state index is 0.118. The first-order valence-electron chi connectivity index (χ1n) is 11.1. The van der Waals surface area contributed by atoms with Crippen LogP contribution in [-0.2, 0) is 17.8 Å². The predicted molar refractivity (Wildman–Crippen MR) is 136 cm³/mol. The first-order valence-corrected chi connectivity index (χ1v) is 12.7. The number of aliphatic carboxylic acids is 1. The molecule has 0 bridgehead atoms. The van der Waals surface area contributed by atoms with E-state index < -0.39 is 17.9 Å². The smallest absolute Gasteiger partial charge is 0.326 e. The molecule has 0 saturated carbocycles. The summed E-state index contributed by atoms with van der Waals surface area (Å²) in [4.78, 5) is 35.0. The number of amides is 1. The molecule has 178 valence electrons. The minimum Gasteiger partial charge on any atom is -0.480 e. The molecule has 1 amide bonds. The highest BCUT2D eigenvalue weighted by molar-refractivity contribution is 7.15. The van der Waals surface area contributed by atoms with Crippen molar-refractivity contribution >= 4 is 51.5 Å². The predicted octanol–water partition coefficient (Wildman–Crippen LogP) is 5.78. The fourth-order valence-corrected chi connectivity index (χ4v) is 5.53. The first-order chi connectivity index (χ1) is 16.4. The van der Waals surface area contributed by atoms with E-state index in [1.54, 1.807) is 12.3 Å². The second-order valence-corrected chi connectivity index (χ2v) is 10.2. The second kappa shape index (κ2) is 11.2. The average Bonchev–Trinajstić information content (AvgIpc) is 3.31. The topological polar surface area (TPSA) is 73.7 Å². The third kappa shape index (κ3) is 5.90. The highest BCUT2D eigenvalue weighted by Gasteiger charge is 2.32. The van der Waals surface area contributed by atoms with Gasteiger partial charge in [-0.2, -0.15) is 0 Å². The molecule has 6 nitrogen and oxygen atoms in total. The van der Waals surface area contributed by atoms with Crippen molar-refractivity contribution in [2.75, 3.05) is 18.0 Å². The van der Waals surface area contributed by atoms with E-state index in [2.05, 4.69) is 9.88 Å². The highest BCUT2D eigenvalue weighted by Crippen LogP contribution is 2.29. The maximum absolute atomic E-state index is 13.6. The van der Waals surface area contributed by atoms with Crippen molar-refractivity contribution in [1.29, 1.82) is 0 Å². The third-order valence-electron chi connectivity index (χ3n) is 5.85. The van der Waals surface area contributed by atoms with E-state index in [4.69, 9.17) is 23.2 Å². The Morgan fingerprint density at radius 2 is 1.82 bits per heavy atom. The van der Waals surface area contributed by atoms with Gasteiger partial charge >= 0.3 is 5.97 Å². The molecule has 34 heavy (non-hydrogen) atoms. The maximum atomic E-state index is 13.6. The standard InChI is InChI=1S/C25H25Cl2N3O3S/c26-18-9-10-20(21(27)14-18)23(31)30(22(24(32)33)13-17-7-3-1-4-8-17)16-19-15-28-25(34-19)29-11-5-2-6-12-29/h1,3-4,7-10,14-15,22H,2,5-6,11-13,16H2,(H,32,33). The Morgan fingerprint density at radius 3 is 2.50 bits per heavy atom. The zero-order valence-electron chi connectivity index (χ0n) is 18.5. The maximum Gasteiger partial charge on any atom is 0.326 e. The van der Waals surface area contributed by atoms with Crippen LogP contribution in [0.15, 0.2) is 54.7 Å². The van der Waals surface area contributed by atoms with Gasteiger partial charge in [0.25, 0.3) is 5.91 Å². The zero-order chi connectivity index (χ0) is 24.1. The monoisotopic (exact) mass is 517 g/mol. The molecular weight excluding hydrogens is 493 g/mol. The number of carboxylic acids is 1. The SMILES string of the molecule is O=C(O)C(Cc1ccccc1)N(Cc1cnc(N2CCCCC2)s1)C(=O)c1ccc(Cl)cc1Cl. The zero-order valence-corrected chi connectivity index (χ0v) is 20.8. The molecule has 1 unspecified atom stereocenters. The lowest BCUT2D eigenvalue weighted by Crippen LogP contribution is -2.46. The van der Waals surface area contributed by atoms with Gasteiger partial charge in [-0.3, -0.25) is 4.79 Å². The summed E-state index contributed by atoms with van der Waals surface area (Å²) in [7, 11) is 0. The summed E-state index contributed by atoms with van der Waals surface area (Å²) in [6, 6.07) is 12.8. The van der Waals surface area contributed by atoms with E-state index in [9.17, 15) is 14.7 Å². The van der Waals surface area contributed by atoms with Gasteiger partial charge in [0, 0.05) is 35.6 Å². The van der Waals surface area contributed by atoms with Crippen molar-refractivity contribution in [3.05, 3.63) is 80.8 Å². The molecule has 0 spiro atoms. The van der Waals surface area contributed by atoms with E-state index in [1.807, 2.05) is 30.3 Å². The number of rotatable bonds is 8. The lowest BCUT2D eigenvalue weighted by molar-refractivity contribution is -0.142. The molecule has 0 aliphatic carbocycles. The number of carboxylic acid groups (broad SMARTS) is 1. The molecule has 3 aromatic rings. The summed E-state index contributed by atoms with van der Waals surface area (Å²) in [5, 5.41) is 11.6. The van der Waals surface area contributed by atoms with Crippen molar-refractivity contribution in [3.63, 3.8) is 0 Å². The Morgan fingerprint density at radius 1 is 1.09 bits per heavy atom. The number of nitrogens with zero attached hydrogens (tertiary/aromatic N) is 3.